The molecular formula is C28H38N4O3. The molecule has 0 bridgehead atoms. The maximum absolute atomic E-state index is 12.6. The Labute approximate surface area is 209 Å². The van der Waals surface area contributed by atoms with Gasteiger partial charge in [0.2, 0.25) is 5.91 Å². The topological polar surface area (TPSA) is 65.1 Å². The van der Waals surface area contributed by atoms with Crippen LogP contribution >= 0.6 is 0 Å². The highest BCUT2D eigenvalue weighted by atomic mass is 16.5. The van der Waals surface area contributed by atoms with E-state index in [1.54, 1.807) is 0 Å². The zero-order valence-corrected chi connectivity index (χ0v) is 20.8. The van der Waals surface area contributed by atoms with Gasteiger partial charge in [0.1, 0.15) is 5.75 Å². The number of hydrogen-bond donors (Lipinski definition) is 1. The molecule has 2 saturated heterocycles. The van der Waals surface area contributed by atoms with Crippen LogP contribution in [0.25, 0.3) is 0 Å². The number of piperidine rings is 1. The van der Waals surface area contributed by atoms with Crippen molar-refractivity contribution in [3.05, 3.63) is 60.2 Å². The zero-order chi connectivity index (χ0) is 24.5. The van der Waals surface area contributed by atoms with Gasteiger partial charge in [-0.3, -0.25) is 14.5 Å². The summed E-state index contributed by atoms with van der Waals surface area (Å²) in [6.45, 7) is 9.33. The Hall–Kier alpha value is -3.06. The first-order valence-electron chi connectivity index (χ1n) is 12.9. The molecule has 2 fully saturated rings. The summed E-state index contributed by atoms with van der Waals surface area (Å²) in [5.74, 6) is 0.798. The molecule has 0 aliphatic carbocycles. The highest BCUT2D eigenvalue weighted by molar-refractivity contribution is 5.80. The maximum atomic E-state index is 12.6. The van der Waals surface area contributed by atoms with Crippen LogP contribution in [0.3, 0.4) is 0 Å². The molecule has 7 nitrogen and oxygen atoms in total. The standard InChI is InChI=1S/C28H38N4O3/c1-23-7-5-8-25(21-23)31-19-17-30(18-20-31)14-6-13-29-28(34)24-11-15-32(16-12-24)27(33)22-35-26-9-3-2-4-10-26/h2-5,7-10,21,24H,6,11-20,22H2,1H3,(H,29,34). The van der Waals surface area contributed by atoms with Crippen LogP contribution in [0, 0.1) is 12.8 Å². The molecule has 2 aromatic carbocycles. The zero-order valence-electron chi connectivity index (χ0n) is 20.8. The number of piperazine rings is 1. The first-order chi connectivity index (χ1) is 17.1. The van der Waals surface area contributed by atoms with Gasteiger partial charge in [-0.05, 0) is 62.6 Å². The maximum Gasteiger partial charge on any atom is 0.260 e. The Kier molecular flexibility index (Phi) is 9.01. The van der Waals surface area contributed by atoms with Crippen LogP contribution in [0.5, 0.6) is 5.75 Å². The molecule has 0 spiro atoms. The minimum atomic E-state index is -0.0183. The number of carbonyl (C=O) groups is 2. The van der Waals surface area contributed by atoms with Gasteiger partial charge >= 0.3 is 0 Å². The summed E-state index contributed by atoms with van der Waals surface area (Å²) >= 11 is 0. The van der Waals surface area contributed by atoms with Crippen LogP contribution in [0.4, 0.5) is 5.69 Å². The molecule has 0 atom stereocenters. The van der Waals surface area contributed by atoms with E-state index in [0.29, 0.717) is 38.2 Å². The van der Waals surface area contributed by atoms with E-state index in [9.17, 15) is 9.59 Å². The Bertz CT molecular complexity index is 952. The molecule has 2 heterocycles. The second kappa shape index (κ2) is 12.6. The Morgan fingerprint density at radius 3 is 2.40 bits per heavy atom. The molecule has 188 valence electrons. The number of ether oxygens (including phenoxy) is 1. The predicted octanol–water partition coefficient (Wildman–Crippen LogP) is 2.94. The van der Waals surface area contributed by atoms with E-state index >= 15 is 0 Å². The third-order valence-corrected chi connectivity index (χ3v) is 7.01. The van der Waals surface area contributed by atoms with Gasteiger partial charge in [-0.25, -0.2) is 0 Å². The fourth-order valence-electron chi connectivity index (χ4n) is 4.86. The predicted molar refractivity (Wildman–Crippen MR) is 139 cm³/mol. The van der Waals surface area contributed by atoms with E-state index in [4.69, 9.17) is 4.74 Å². The van der Waals surface area contributed by atoms with Crippen LogP contribution < -0.4 is 15.0 Å². The minimum Gasteiger partial charge on any atom is -0.484 e. The molecule has 0 unspecified atom stereocenters. The third kappa shape index (κ3) is 7.46. The smallest absolute Gasteiger partial charge is 0.260 e. The monoisotopic (exact) mass is 478 g/mol. The lowest BCUT2D eigenvalue weighted by molar-refractivity contribution is -0.137. The van der Waals surface area contributed by atoms with Crippen molar-refractivity contribution in [2.75, 3.05) is 63.9 Å². The normalized spacial score (nSPS) is 17.3. The van der Waals surface area contributed by atoms with Crippen molar-refractivity contribution in [2.24, 2.45) is 5.92 Å². The number of likely N-dealkylation sites (tertiary alicyclic amines) is 1. The van der Waals surface area contributed by atoms with Gasteiger partial charge in [-0.1, -0.05) is 30.3 Å². The van der Waals surface area contributed by atoms with Crippen LogP contribution in [0.15, 0.2) is 54.6 Å². The van der Waals surface area contributed by atoms with Crippen LogP contribution in [0.1, 0.15) is 24.8 Å². The lowest BCUT2D eigenvalue weighted by Crippen LogP contribution is -2.47. The van der Waals surface area contributed by atoms with E-state index < -0.39 is 0 Å². The molecule has 2 aliphatic heterocycles. The fraction of sp³-hybridized carbons (Fsp3) is 0.500. The highest BCUT2D eigenvalue weighted by Crippen LogP contribution is 2.19. The Morgan fingerprint density at radius 1 is 0.943 bits per heavy atom. The van der Waals surface area contributed by atoms with Gasteiger partial charge in [0.25, 0.3) is 5.91 Å². The molecule has 0 saturated carbocycles. The number of benzene rings is 2. The number of amides is 2. The largest absolute Gasteiger partial charge is 0.484 e. The molecule has 0 radical (unpaired) electrons. The highest BCUT2D eigenvalue weighted by Gasteiger charge is 2.27. The van der Waals surface area contributed by atoms with E-state index in [-0.39, 0.29) is 24.3 Å². The first-order valence-corrected chi connectivity index (χ1v) is 12.9. The molecule has 2 amide bonds. The second-order valence-corrected chi connectivity index (χ2v) is 9.57. The van der Waals surface area contributed by atoms with Gasteiger partial charge in [0, 0.05) is 57.4 Å². The molecule has 7 heteroatoms. The van der Waals surface area contributed by atoms with E-state index in [1.807, 2.05) is 35.2 Å². The summed E-state index contributed by atoms with van der Waals surface area (Å²) in [5.41, 5.74) is 2.61. The number of anilines is 1. The first kappa shape index (κ1) is 25.0. The number of para-hydroxylation sites is 1. The van der Waals surface area contributed by atoms with Gasteiger partial charge in [0.05, 0.1) is 0 Å². The molecule has 1 N–H and O–H groups in total. The third-order valence-electron chi connectivity index (χ3n) is 7.01. The molecule has 2 aliphatic rings. The Balaban J connectivity index is 1.07. The van der Waals surface area contributed by atoms with Crippen molar-refractivity contribution < 1.29 is 14.3 Å². The fourth-order valence-corrected chi connectivity index (χ4v) is 4.86. The van der Waals surface area contributed by atoms with E-state index in [1.165, 1.54) is 11.3 Å². The minimum absolute atomic E-state index is 0.00744. The van der Waals surface area contributed by atoms with Gasteiger partial charge in [-0.15, -0.1) is 0 Å². The van der Waals surface area contributed by atoms with Crippen LogP contribution in [-0.4, -0.2) is 80.6 Å². The number of nitrogens with zero attached hydrogens (tertiary/aromatic N) is 3. The molecule has 4 rings (SSSR count). The average Bonchev–Trinajstić information content (AvgIpc) is 2.90. The molecule has 0 aromatic heterocycles. The molecular weight excluding hydrogens is 440 g/mol. The summed E-state index contributed by atoms with van der Waals surface area (Å²) in [6.07, 6.45) is 2.39. The number of aryl methyl sites for hydroxylation is 1. The van der Waals surface area contributed by atoms with Crippen molar-refractivity contribution in [2.45, 2.75) is 26.2 Å². The number of hydrogen-bond acceptors (Lipinski definition) is 5. The van der Waals surface area contributed by atoms with Crippen molar-refractivity contribution in [3.63, 3.8) is 0 Å². The lowest BCUT2D eigenvalue weighted by Gasteiger charge is -2.36. The van der Waals surface area contributed by atoms with Crippen LogP contribution in [-0.2, 0) is 9.59 Å². The summed E-state index contributed by atoms with van der Waals surface area (Å²) in [4.78, 5) is 31.8. The van der Waals surface area contributed by atoms with Gasteiger partial charge < -0.3 is 19.9 Å². The lowest BCUT2D eigenvalue weighted by atomic mass is 9.96. The van der Waals surface area contributed by atoms with Crippen molar-refractivity contribution in [3.8, 4) is 5.75 Å². The SMILES string of the molecule is Cc1cccc(N2CCN(CCCNC(=O)C3CCN(C(=O)COc4ccccc4)CC3)CC2)c1. The molecule has 35 heavy (non-hydrogen) atoms. The summed E-state index contributed by atoms with van der Waals surface area (Å²) in [5, 5.41) is 3.12. The van der Waals surface area contributed by atoms with Gasteiger partial charge in [0.15, 0.2) is 6.61 Å². The van der Waals surface area contributed by atoms with E-state index in [2.05, 4.69) is 46.3 Å². The van der Waals surface area contributed by atoms with Crippen molar-refractivity contribution in [1.29, 1.82) is 0 Å². The summed E-state index contributed by atoms with van der Waals surface area (Å²) < 4.78 is 5.57. The second-order valence-electron chi connectivity index (χ2n) is 9.57. The Morgan fingerprint density at radius 2 is 1.69 bits per heavy atom. The van der Waals surface area contributed by atoms with Crippen molar-refractivity contribution >= 4 is 17.5 Å². The summed E-state index contributed by atoms with van der Waals surface area (Å²) in [6, 6.07) is 18.1. The number of carbonyl (C=O) groups excluding carboxylic acids is 2. The molecule has 2 aromatic rings. The van der Waals surface area contributed by atoms with Crippen LogP contribution in [0.2, 0.25) is 0 Å². The van der Waals surface area contributed by atoms with Crippen molar-refractivity contribution in [1.82, 2.24) is 15.1 Å². The van der Waals surface area contributed by atoms with Gasteiger partial charge in [-0.2, -0.15) is 0 Å². The summed E-state index contributed by atoms with van der Waals surface area (Å²) in [7, 11) is 0. The van der Waals surface area contributed by atoms with E-state index in [0.717, 1.165) is 39.1 Å². The average molecular weight is 479 g/mol. The quantitative estimate of drug-likeness (QED) is 0.562. The number of nitrogens with one attached hydrogen (secondary N) is 1. The number of rotatable bonds is 9.